The summed E-state index contributed by atoms with van der Waals surface area (Å²) in [5.41, 5.74) is 4.42. The number of thiophene rings is 1. The number of halogens is 1. The van der Waals surface area contributed by atoms with E-state index in [9.17, 15) is 9.18 Å². The zero-order valence-electron chi connectivity index (χ0n) is 15.2. The zero-order valence-corrected chi connectivity index (χ0v) is 16.0. The monoisotopic (exact) mass is 379 g/mol. The molecule has 0 aliphatic rings. The van der Waals surface area contributed by atoms with Gasteiger partial charge in [0.25, 0.3) is 5.91 Å². The summed E-state index contributed by atoms with van der Waals surface area (Å²) in [5.74, 6) is -0.524. The van der Waals surface area contributed by atoms with E-state index in [1.165, 1.54) is 29.0 Å². The third kappa shape index (κ3) is 3.24. The van der Waals surface area contributed by atoms with Crippen molar-refractivity contribution in [2.45, 2.75) is 20.8 Å². The molecular formula is C21H18FN3OS. The van der Waals surface area contributed by atoms with Gasteiger partial charge in [-0.15, -0.1) is 11.3 Å². The number of nitrogens with one attached hydrogen (secondary N) is 1. The van der Waals surface area contributed by atoms with E-state index in [0.717, 1.165) is 27.2 Å². The first-order valence-electron chi connectivity index (χ1n) is 8.56. The highest BCUT2D eigenvalue weighted by Gasteiger charge is 2.17. The first kappa shape index (κ1) is 17.4. The van der Waals surface area contributed by atoms with Gasteiger partial charge >= 0.3 is 0 Å². The number of aromatic nitrogens is 2. The molecule has 136 valence electrons. The Balaban J connectivity index is 1.65. The topological polar surface area (TPSA) is 46.9 Å². The minimum atomic E-state index is -0.307. The molecule has 0 atom stereocenters. The van der Waals surface area contributed by atoms with Crippen molar-refractivity contribution < 1.29 is 9.18 Å². The Labute approximate surface area is 160 Å². The lowest BCUT2D eigenvalue weighted by molar-refractivity contribution is 0.103. The van der Waals surface area contributed by atoms with Crippen LogP contribution in [0.4, 0.5) is 10.1 Å². The molecule has 4 rings (SSSR count). The second kappa shape index (κ2) is 6.63. The Morgan fingerprint density at radius 2 is 1.81 bits per heavy atom. The fourth-order valence-electron chi connectivity index (χ4n) is 3.06. The van der Waals surface area contributed by atoms with Crippen LogP contribution in [-0.4, -0.2) is 15.7 Å². The number of hydrogen-bond donors (Lipinski definition) is 1. The van der Waals surface area contributed by atoms with Crippen LogP contribution in [0.2, 0.25) is 0 Å². The number of benzene rings is 2. The van der Waals surface area contributed by atoms with Crippen LogP contribution in [0.25, 0.3) is 15.8 Å². The van der Waals surface area contributed by atoms with Gasteiger partial charge in [-0.2, -0.15) is 5.10 Å². The molecule has 4 aromatic rings. The van der Waals surface area contributed by atoms with E-state index in [1.807, 2.05) is 49.7 Å². The highest BCUT2D eigenvalue weighted by Crippen LogP contribution is 2.28. The van der Waals surface area contributed by atoms with Crippen LogP contribution in [0, 0.1) is 26.6 Å². The van der Waals surface area contributed by atoms with Crippen molar-refractivity contribution in [2.75, 3.05) is 5.32 Å². The maximum Gasteiger partial charge on any atom is 0.265 e. The number of hydrogen-bond acceptors (Lipinski definition) is 3. The predicted octanol–water partition coefficient (Wildman–Crippen LogP) is 5.40. The number of rotatable bonds is 3. The van der Waals surface area contributed by atoms with E-state index < -0.39 is 0 Å². The second-order valence-electron chi connectivity index (χ2n) is 6.54. The van der Waals surface area contributed by atoms with Crippen molar-refractivity contribution in [1.82, 2.24) is 9.78 Å². The van der Waals surface area contributed by atoms with Gasteiger partial charge in [-0.25, -0.2) is 9.07 Å². The van der Waals surface area contributed by atoms with Crippen molar-refractivity contribution in [3.63, 3.8) is 0 Å². The highest BCUT2D eigenvalue weighted by atomic mass is 32.1. The van der Waals surface area contributed by atoms with Crippen LogP contribution in [-0.2, 0) is 0 Å². The van der Waals surface area contributed by atoms with Crippen LogP contribution in [0.3, 0.4) is 0 Å². The van der Waals surface area contributed by atoms with Gasteiger partial charge < -0.3 is 5.32 Å². The van der Waals surface area contributed by atoms with E-state index in [-0.39, 0.29) is 11.7 Å². The van der Waals surface area contributed by atoms with Gasteiger partial charge in [0.1, 0.15) is 5.82 Å². The molecule has 0 fully saturated rings. The third-order valence-electron chi connectivity index (χ3n) is 4.51. The Hall–Kier alpha value is -2.99. The maximum atomic E-state index is 13.4. The molecule has 0 radical (unpaired) electrons. The SMILES string of the molecule is Cc1ccc(-n2nc(C)c(NC(=O)c3cc4cc(F)ccc4s3)c2C)cc1. The van der Waals surface area contributed by atoms with Gasteiger partial charge in [0.15, 0.2) is 0 Å². The van der Waals surface area contributed by atoms with Crippen molar-refractivity contribution in [1.29, 1.82) is 0 Å². The fraction of sp³-hybridized carbons (Fsp3) is 0.143. The van der Waals surface area contributed by atoms with E-state index in [2.05, 4.69) is 10.4 Å². The molecule has 2 aromatic carbocycles. The summed E-state index contributed by atoms with van der Waals surface area (Å²) in [6.45, 7) is 5.83. The summed E-state index contributed by atoms with van der Waals surface area (Å²) < 4.78 is 16.1. The van der Waals surface area contributed by atoms with Gasteiger partial charge in [0.05, 0.1) is 27.6 Å². The lowest BCUT2D eigenvalue weighted by atomic mass is 10.2. The van der Waals surface area contributed by atoms with Gasteiger partial charge in [-0.3, -0.25) is 4.79 Å². The standard InChI is InChI=1S/C21H18FN3OS/c1-12-4-7-17(8-5-12)25-14(3)20(13(2)24-25)23-21(26)19-11-15-10-16(22)6-9-18(15)27-19/h4-11H,1-3H3,(H,23,26). The lowest BCUT2D eigenvalue weighted by Gasteiger charge is -2.06. The fourth-order valence-corrected chi connectivity index (χ4v) is 4.00. The van der Waals surface area contributed by atoms with Gasteiger partial charge in [0.2, 0.25) is 0 Å². The highest BCUT2D eigenvalue weighted by molar-refractivity contribution is 7.20. The van der Waals surface area contributed by atoms with Gasteiger partial charge in [-0.05, 0) is 62.6 Å². The van der Waals surface area contributed by atoms with Crippen LogP contribution in [0.5, 0.6) is 0 Å². The Morgan fingerprint density at radius 3 is 2.56 bits per heavy atom. The lowest BCUT2D eigenvalue weighted by Crippen LogP contribution is -2.11. The molecule has 2 aromatic heterocycles. The first-order valence-corrected chi connectivity index (χ1v) is 9.38. The molecule has 27 heavy (non-hydrogen) atoms. The predicted molar refractivity (Wildman–Crippen MR) is 108 cm³/mol. The Kier molecular flexibility index (Phi) is 4.28. The number of amides is 1. The van der Waals surface area contributed by atoms with E-state index in [0.29, 0.717) is 10.6 Å². The number of aryl methyl sites for hydroxylation is 2. The molecule has 6 heteroatoms. The largest absolute Gasteiger partial charge is 0.318 e. The number of carbonyl (C=O) groups excluding carboxylic acids is 1. The minimum Gasteiger partial charge on any atom is -0.318 e. The molecule has 0 spiro atoms. The quantitative estimate of drug-likeness (QED) is 0.518. The third-order valence-corrected chi connectivity index (χ3v) is 5.63. The van der Waals surface area contributed by atoms with E-state index in [1.54, 1.807) is 12.1 Å². The molecule has 2 heterocycles. The molecule has 0 unspecified atom stereocenters. The summed E-state index contributed by atoms with van der Waals surface area (Å²) in [7, 11) is 0. The zero-order chi connectivity index (χ0) is 19.1. The summed E-state index contributed by atoms with van der Waals surface area (Å²) in [6.07, 6.45) is 0. The number of carbonyl (C=O) groups is 1. The molecule has 0 aliphatic heterocycles. The number of nitrogens with zero attached hydrogens (tertiary/aromatic N) is 2. The van der Waals surface area contributed by atoms with Crippen LogP contribution in [0.1, 0.15) is 26.6 Å². The number of fused-ring (bicyclic) bond motifs is 1. The second-order valence-corrected chi connectivity index (χ2v) is 7.62. The minimum absolute atomic E-state index is 0.216. The average molecular weight is 379 g/mol. The van der Waals surface area contributed by atoms with Crippen LogP contribution < -0.4 is 5.32 Å². The van der Waals surface area contributed by atoms with Crippen LogP contribution in [0.15, 0.2) is 48.5 Å². The average Bonchev–Trinajstić information content (AvgIpc) is 3.18. The molecular weight excluding hydrogens is 361 g/mol. The normalized spacial score (nSPS) is 11.1. The summed E-state index contributed by atoms with van der Waals surface area (Å²) in [4.78, 5) is 13.3. The molecule has 4 nitrogen and oxygen atoms in total. The first-order chi connectivity index (χ1) is 12.9. The molecule has 1 amide bonds. The van der Waals surface area contributed by atoms with Crippen molar-refractivity contribution in [3.05, 3.63) is 76.2 Å². The van der Waals surface area contributed by atoms with Gasteiger partial charge in [-0.1, -0.05) is 17.7 Å². The molecule has 0 saturated carbocycles. The summed E-state index contributed by atoms with van der Waals surface area (Å²) in [6, 6.07) is 14.3. The summed E-state index contributed by atoms with van der Waals surface area (Å²) >= 11 is 1.34. The number of anilines is 1. The van der Waals surface area contributed by atoms with Crippen molar-refractivity contribution in [2.24, 2.45) is 0 Å². The van der Waals surface area contributed by atoms with Crippen molar-refractivity contribution in [3.8, 4) is 5.69 Å². The van der Waals surface area contributed by atoms with Gasteiger partial charge in [0, 0.05) is 4.70 Å². The van der Waals surface area contributed by atoms with E-state index >= 15 is 0 Å². The maximum absolute atomic E-state index is 13.4. The van der Waals surface area contributed by atoms with Crippen LogP contribution >= 0.6 is 11.3 Å². The molecule has 0 bridgehead atoms. The Morgan fingerprint density at radius 1 is 1.07 bits per heavy atom. The molecule has 1 N–H and O–H groups in total. The molecule has 0 saturated heterocycles. The Bertz CT molecular complexity index is 1160. The summed E-state index contributed by atoms with van der Waals surface area (Å²) in [5, 5.41) is 8.26. The van der Waals surface area contributed by atoms with Crippen molar-refractivity contribution >= 4 is 33.0 Å². The van der Waals surface area contributed by atoms with E-state index in [4.69, 9.17) is 0 Å². The smallest absolute Gasteiger partial charge is 0.265 e. The molecule has 0 aliphatic carbocycles.